The van der Waals surface area contributed by atoms with Crippen LogP contribution in [0.4, 0.5) is 0 Å². The first kappa shape index (κ1) is 17.2. The lowest BCUT2D eigenvalue weighted by atomic mass is 10.0. The molecule has 3 rings (SSSR count). The van der Waals surface area contributed by atoms with Crippen LogP contribution in [0.15, 0.2) is 24.3 Å². The Morgan fingerprint density at radius 2 is 2.08 bits per heavy atom. The number of piperidine rings is 1. The number of methoxy groups -OCH3 is 1. The summed E-state index contributed by atoms with van der Waals surface area (Å²) in [6.07, 6.45) is 5.14. The molecule has 0 saturated carbocycles. The monoisotopic (exact) mass is 331 g/mol. The Morgan fingerprint density at radius 1 is 1.25 bits per heavy atom. The van der Waals surface area contributed by atoms with Crippen LogP contribution in [0.5, 0.6) is 5.75 Å². The van der Waals surface area contributed by atoms with Crippen LogP contribution in [0.25, 0.3) is 0 Å². The largest absolute Gasteiger partial charge is 0.497 e. The summed E-state index contributed by atoms with van der Waals surface area (Å²) in [6, 6.07) is 8.48. The zero-order chi connectivity index (χ0) is 16.8. The number of amides is 1. The first-order valence-corrected chi connectivity index (χ1v) is 9.10. The summed E-state index contributed by atoms with van der Waals surface area (Å²) in [6.45, 7) is 5.61. The van der Waals surface area contributed by atoms with Crippen molar-refractivity contribution in [2.45, 2.75) is 38.3 Å². The number of hydrogen-bond acceptors (Lipinski definition) is 4. The summed E-state index contributed by atoms with van der Waals surface area (Å²) >= 11 is 0. The van der Waals surface area contributed by atoms with Gasteiger partial charge in [0.05, 0.1) is 13.7 Å². The highest BCUT2D eigenvalue weighted by Gasteiger charge is 2.27. The van der Waals surface area contributed by atoms with Gasteiger partial charge in [-0.25, -0.2) is 0 Å². The molecule has 132 valence electrons. The van der Waals surface area contributed by atoms with Crippen molar-refractivity contribution in [1.82, 2.24) is 15.1 Å². The number of hydrogen-bond donors (Lipinski definition) is 1. The van der Waals surface area contributed by atoms with Gasteiger partial charge < -0.3 is 10.1 Å². The third-order valence-corrected chi connectivity index (χ3v) is 5.13. The number of likely N-dealkylation sites (tertiary alicyclic amines) is 2. The third kappa shape index (κ3) is 4.71. The van der Waals surface area contributed by atoms with Crippen LogP contribution in [0.2, 0.25) is 0 Å². The number of ether oxygens (including phenoxy) is 1. The summed E-state index contributed by atoms with van der Waals surface area (Å²) in [7, 11) is 1.66. The smallest absolute Gasteiger partial charge is 0.234 e. The first-order valence-electron chi connectivity index (χ1n) is 9.10. The molecule has 2 fully saturated rings. The molecule has 2 aliphatic rings. The number of rotatable bonds is 6. The lowest BCUT2D eigenvalue weighted by molar-refractivity contribution is -0.122. The lowest BCUT2D eigenvalue weighted by Gasteiger charge is -2.37. The maximum atomic E-state index is 12.3. The van der Waals surface area contributed by atoms with Crippen LogP contribution >= 0.6 is 0 Å². The fourth-order valence-electron chi connectivity index (χ4n) is 3.82. The van der Waals surface area contributed by atoms with Gasteiger partial charge in [-0.1, -0.05) is 12.1 Å². The maximum absolute atomic E-state index is 12.3. The third-order valence-electron chi connectivity index (χ3n) is 5.13. The van der Waals surface area contributed by atoms with Gasteiger partial charge in [-0.05, 0) is 63.0 Å². The topological polar surface area (TPSA) is 44.8 Å². The Bertz CT molecular complexity index is 543. The molecular weight excluding hydrogens is 302 g/mol. The Labute approximate surface area is 145 Å². The van der Waals surface area contributed by atoms with Gasteiger partial charge >= 0.3 is 0 Å². The summed E-state index contributed by atoms with van der Waals surface area (Å²) in [5.74, 6) is 0.936. The van der Waals surface area contributed by atoms with Crippen molar-refractivity contribution >= 4 is 5.91 Å². The molecule has 1 atom stereocenters. The average Bonchev–Trinajstić information content (AvgIpc) is 3.15. The highest BCUT2D eigenvalue weighted by Crippen LogP contribution is 2.20. The van der Waals surface area contributed by atoms with E-state index in [-0.39, 0.29) is 5.91 Å². The molecule has 1 N–H and O–H groups in total. The van der Waals surface area contributed by atoms with E-state index in [4.69, 9.17) is 4.74 Å². The van der Waals surface area contributed by atoms with E-state index in [9.17, 15) is 4.79 Å². The lowest BCUT2D eigenvalue weighted by Crippen LogP contribution is -2.49. The number of nitrogens with one attached hydrogen (secondary N) is 1. The van der Waals surface area contributed by atoms with Gasteiger partial charge in [-0.3, -0.25) is 14.6 Å². The molecule has 0 spiro atoms. The van der Waals surface area contributed by atoms with Crippen LogP contribution < -0.4 is 10.1 Å². The molecule has 2 saturated heterocycles. The fraction of sp³-hybridized carbons (Fsp3) is 0.632. The number of benzene rings is 1. The Balaban J connectivity index is 1.44. The molecular formula is C19H29N3O2. The van der Waals surface area contributed by atoms with E-state index < -0.39 is 0 Å². The number of nitrogens with zero attached hydrogens (tertiary/aromatic N) is 2. The fourth-order valence-corrected chi connectivity index (χ4v) is 3.82. The Kier molecular flexibility index (Phi) is 6.10. The average molecular weight is 331 g/mol. The van der Waals surface area contributed by atoms with Crippen molar-refractivity contribution in [3.05, 3.63) is 29.8 Å². The molecule has 1 aromatic rings. The van der Waals surface area contributed by atoms with E-state index in [0.717, 1.165) is 24.4 Å². The van der Waals surface area contributed by atoms with Crippen LogP contribution in [0, 0.1) is 0 Å². The van der Waals surface area contributed by atoms with Gasteiger partial charge in [0.2, 0.25) is 5.91 Å². The summed E-state index contributed by atoms with van der Waals surface area (Å²) in [4.78, 5) is 17.2. The summed E-state index contributed by atoms with van der Waals surface area (Å²) < 4.78 is 5.22. The van der Waals surface area contributed by atoms with Crippen molar-refractivity contribution in [2.24, 2.45) is 0 Å². The zero-order valence-electron chi connectivity index (χ0n) is 14.7. The molecule has 2 heterocycles. The molecule has 1 amide bonds. The van der Waals surface area contributed by atoms with Gasteiger partial charge in [0.1, 0.15) is 5.75 Å². The SMILES string of the molecule is COc1cccc(CNC(=O)CN2CCCC(N3CCCC3)C2)c1. The highest BCUT2D eigenvalue weighted by atomic mass is 16.5. The molecule has 24 heavy (non-hydrogen) atoms. The zero-order valence-corrected chi connectivity index (χ0v) is 14.7. The van der Waals surface area contributed by atoms with Crippen LogP contribution in [0.1, 0.15) is 31.2 Å². The van der Waals surface area contributed by atoms with Crippen molar-refractivity contribution in [2.75, 3.05) is 39.8 Å². The second-order valence-electron chi connectivity index (χ2n) is 6.90. The molecule has 1 aromatic carbocycles. The minimum Gasteiger partial charge on any atom is -0.497 e. The molecule has 0 radical (unpaired) electrons. The predicted molar refractivity (Wildman–Crippen MR) is 95.1 cm³/mol. The van der Waals surface area contributed by atoms with Crippen LogP contribution in [-0.2, 0) is 11.3 Å². The molecule has 5 nitrogen and oxygen atoms in total. The van der Waals surface area contributed by atoms with Crippen molar-refractivity contribution < 1.29 is 9.53 Å². The van der Waals surface area contributed by atoms with E-state index in [1.54, 1.807) is 7.11 Å². The predicted octanol–water partition coefficient (Wildman–Crippen LogP) is 1.87. The summed E-state index contributed by atoms with van der Waals surface area (Å²) in [5, 5.41) is 3.03. The maximum Gasteiger partial charge on any atom is 0.234 e. The first-order chi connectivity index (χ1) is 11.7. The van der Waals surface area contributed by atoms with Gasteiger partial charge in [0.25, 0.3) is 0 Å². The van der Waals surface area contributed by atoms with E-state index in [0.29, 0.717) is 19.1 Å². The van der Waals surface area contributed by atoms with Crippen molar-refractivity contribution in [1.29, 1.82) is 0 Å². The second kappa shape index (κ2) is 8.49. The molecule has 0 aromatic heterocycles. The second-order valence-corrected chi connectivity index (χ2v) is 6.90. The standard InChI is InChI=1S/C19H29N3O2/c1-24-18-8-4-6-16(12-18)13-20-19(23)15-21-9-5-7-17(14-21)22-10-2-3-11-22/h4,6,8,12,17H,2-3,5,7,9-11,13-15H2,1H3,(H,20,23). The van der Waals surface area contributed by atoms with Crippen LogP contribution in [0.3, 0.4) is 0 Å². The Morgan fingerprint density at radius 3 is 2.88 bits per heavy atom. The molecule has 1 unspecified atom stereocenters. The molecule has 5 heteroatoms. The van der Waals surface area contributed by atoms with Gasteiger partial charge in [-0.2, -0.15) is 0 Å². The van der Waals surface area contributed by atoms with Crippen molar-refractivity contribution in [3.63, 3.8) is 0 Å². The normalized spacial score (nSPS) is 22.5. The van der Waals surface area contributed by atoms with Gasteiger partial charge in [0, 0.05) is 19.1 Å². The van der Waals surface area contributed by atoms with E-state index >= 15 is 0 Å². The number of carbonyl (C=O) groups is 1. The molecule has 0 bridgehead atoms. The number of carbonyl (C=O) groups excluding carboxylic acids is 1. The van der Waals surface area contributed by atoms with Gasteiger partial charge in [-0.15, -0.1) is 0 Å². The van der Waals surface area contributed by atoms with Crippen molar-refractivity contribution in [3.8, 4) is 5.75 Å². The van der Waals surface area contributed by atoms with E-state index in [1.165, 1.54) is 38.8 Å². The van der Waals surface area contributed by atoms with E-state index in [1.807, 2.05) is 24.3 Å². The molecule has 2 aliphatic heterocycles. The minimum absolute atomic E-state index is 0.111. The summed E-state index contributed by atoms with van der Waals surface area (Å²) in [5.41, 5.74) is 1.07. The Hall–Kier alpha value is -1.59. The van der Waals surface area contributed by atoms with Crippen LogP contribution in [-0.4, -0.2) is 61.6 Å². The quantitative estimate of drug-likeness (QED) is 0.864. The van der Waals surface area contributed by atoms with E-state index in [2.05, 4.69) is 15.1 Å². The molecule has 0 aliphatic carbocycles. The minimum atomic E-state index is 0.111. The highest BCUT2D eigenvalue weighted by molar-refractivity contribution is 5.78. The van der Waals surface area contributed by atoms with Gasteiger partial charge in [0.15, 0.2) is 0 Å².